The number of hydrogen-bond donors (Lipinski definition) is 1. The van der Waals surface area contributed by atoms with E-state index in [1.165, 1.54) is 35.1 Å². The lowest BCUT2D eigenvalue weighted by molar-refractivity contribution is -0.171. The number of pyridine rings is 1. The van der Waals surface area contributed by atoms with Gasteiger partial charge in [0.2, 0.25) is 0 Å². The van der Waals surface area contributed by atoms with Gasteiger partial charge in [0.1, 0.15) is 0 Å². The Kier molecular flexibility index (Phi) is 4.75. The lowest BCUT2D eigenvalue weighted by Crippen LogP contribution is -2.59. The predicted octanol–water partition coefficient (Wildman–Crippen LogP) is 6.16. The second kappa shape index (κ2) is 7.20. The van der Waals surface area contributed by atoms with E-state index in [4.69, 9.17) is 6.57 Å². The first-order valence-electron chi connectivity index (χ1n) is 11.6. The predicted molar refractivity (Wildman–Crippen MR) is 120 cm³/mol. The van der Waals surface area contributed by atoms with Crippen molar-refractivity contribution < 1.29 is 5.11 Å². The SMILES string of the molecule is [C-]#[N+]c1ccc2c(c1C)CCC1C2CC[C@@]2(C)C1CCC[C@@]2(O)Cc1ccncc1. The molecule has 2 fully saturated rings. The van der Waals surface area contributed by atoms with Crippen molar-refractivity contribution in [2.24, 2.45) is 17.3 Å². The minimum Gasteiger partial charge on any atom is -0.389 e. The van der Waals surface area contributed by atoms with Crippen LogP contribution < -0.4 is 0 Å². The van der Waals surface area contributed by atoms with Crippen molar-refractivity contribution in [1.82, 2.24) is 4.98 Å². The topological polar surface area (TPSA) is 37.5 Å². The van der Waals surface area contributed by atoms with Crippen LogP contribution >= 0.6 is 0 Å². The molecule has 5 rings (SSSR count). The largest absolute Gasteiger partial charge is 0.389 e. The molecule has 3 aliphatic carbocycles. The molecular weight excluding hydrogens is 368 g/mol. The molecule has 1 N–H and O–H groups in total. The lowest BCUT2D eigenvalue weighted by atomic mass is 9.45. The lowest BCUT2D eigenvalue weighted by Gasteiger charge is -2.61. The van der Waals surface area contributed by atoms with Gasteiger partial charge in [0.05, 0.1) is 12.2 Å². The molecule has 3 unspecified atom stereocenters. The van der Waals surface area contributed by atoms with Crippen molar-refractivity contribution in [2.75, 3.05) is 0 Å². The molecule has 2 saturated carbocycles. The summed E-state index contributed by atoms with van der Waals surface area (Å²) in [6.07, 6.45) is 12.2. The molecule has 3 aliphatic rings. The summed E-state index contributed by atoms with van der Waals surface area (Å²) in [5.74, 6) is 1.82. The van der Waals surface area contributed by atoms with Gasteiger partial charge in [-0.25, -0.2) is 4.85 Å². The van der Waals surface area contributed by atoms with Crippen LogP contribution in [0.15, 0.2) is 36.7 Å². The molecule has 3 heteroatoms. The molecule has 156 valence electrons. The Morgan fingerprint density at radius 2 is 1.93 bits per heavy atom. The van der Waals surface area contributed by atoms with Crippen molar-refractivity contribution in [2.45, 2.75) is 76.7 Å². The minimum absolute atomic E-state index is 0.0291. The fourth-order valence-electron chi connectivity index (χ4n) is 7.41. The Bertz CT molecular complexity index is 994. The highest BCUT2D eigenvalue weighted by Gasteiger charge is 2.58. The maximum absolute atomic E-state index is 12.0. The molecule has 1 aromatic carbocycles. The Morgan fingerprint density at radius 1 is 1.13 bits per heavy atom. The molecule has 30 heavy (non-hydrogen) atoms. The molecule has 0 aliphatic heterocycles. The van der Waals surface area contributed by atoms with Crippen LogP contribution in [-0.2, 0) is 12.8 Å². The Hall–Kier alpha value is -2.18. The van der Waals surface area contributed by atoms with Crippen molar-refractivity contribution in [1.29, 1.82) is 0 Å². The average Bonchev–Trinajstić information content (AvgIpc) is 2.75. The van der Waals surface area contributed by atoms with Gasteiger partial charge >= 0.3 is 0 Å². The summed E-state index contributed by atoms with van der Waals surface area (Å²) < 4.78 is 0. The first-order chi connectivity index (χ1) is 14.5. The zero-order valence-corrected chi connectivity index (χ0v) is 18.2. The summed E-state index contributed by atoms with van der Waals surface area (Å²) in [4.78, 5) is 7.88. The standard InChI is InChI=1S/C27H32N2O/c1-18-20-6-7-23-22(21(20)8-9-25(18)28-3)10-14-26(2)24(23)5-4-13-27(26,30)17-19-11-15-29-16-12-19/h8-9,11-12,15-16,22-24,30H,4-7,10,13-14,17H2,1-2H3/t22?,23?,24?,26-,27+/m0/s1. The Balaban J connectivity index is 1.48. The van der Waals surface area contributed by atoms with Gasteiger partial charge < -0.3 is 5.11 Å². The van der Waals surface area contributed by atoms with Crippen molar-refractivity contribution in [3.8, 4) is 0 Å². The number of hydrogen-bond acceptors (Lipinski definition) is 2. The number of aliphatic hydroxyl groups is 1. The number of rotatable bonds is 2. The first-order valence-corrected chi connectivity index (χ1v) is 11.6. The highest BCUT2D eigenvalue weighted by Crippen LogP contribution is 2.63. The summed E-state index contributed by atoms with van der Waals surface area (Å²) in [6, 6.07) is 8.41. The van der Waals surface area contributed by atoms with Crippen LogP contribution in [0.4, 0.5) is 5.69 Å². The van der Waals surface area contributed by atoms with E-state index in [0.29, 0.717) is 17.8 Å². The zero-order chi connectivity index (χ0) is 20.9. The number of benzene rings is 1. The molecule has 0 radical (unpaired) electrons. The number of fused-ring (bicyclic) bond motifs is 5. The van der Waals surface area contributed by atoms with Crippen molar-refractivity contribution in [3.63, 3.8) is 0 Å². The summed E-state index contributed by atoms with van der Waals surface area (Å²) in [5, 5.41) is 12.0. The third-order valence-corrected chi connectivity index (χ3v) is 9.09. The third-order valence-electron chi connectivity index (χ3n) is 9.09. The van der Waals surface area contributed by atoms with Gasteiger partial charge in [-0.05, 0) is 97.4 Å². The molecule has 0 bridgehead atoms. The van der Waals surface area contributed by atoms with Crippen LogP contribution in [-0.4, -0.2) is 15.7 Å². The van der Waals surface area contributed by atoms with Crippen LogP contribution in [0, 0.1) is 30.7 Å². The van der Waals surface area contributed by atoms with Gasteiger partial charge in [0.15, 0.2) is 5.69 Å². The van der Waals surface area contributed by atoms with Crippen LogP contribution in [0.25, 0.3) is 4.85 Å². The number of nitrogens with zero attached hydrogens (tertiary/aromatic N) is 2. The molecule has 0 spiro atoms. The van der Waals surface area contributed by atoms with Crippen LogP contribution in [0.2, 0.25) is 0 Å². The van der Waals surface area contributed by atoms with Gasteiger partial charge in [0.25, 0.3) is 0 Å². The van der Waals surface area contributed by atoms with E-state index in [1.807, 2.05) is 18.5 Å². The third kappa shape index (κ3) is 2.84. The highest BCUT2D eigenvalue weighted by molar-refractivity contribution is 5.58. The summed E-state index contributed by atoms with van der Waals surface area (Å²) >= 11 is 0. The molecule has 0 saturated heterocycles. The number of aromatic nitrogens is 1. The van der Waals surface area contributed by atoms with E-state index < -0.39 is 5.60 Å². The fourth-order valence-corrected chi connectivity index (χ4v) is 7.41. The normalized spacial score (nSPS) is 34.9. The van der Waals surface area contributed by atoms with E-state index >= 15 is 0 Å². The quantitative estimate of drug-likeness (QED) is 0.613. The molecular formula is C27H32N2O. The summed E-state index contributed by atoms with van der Waals surface area (Å²) in [5.41, 5.74) is 5.50. The second-order valence-electron chi connectivity index (χ2n) is 10.2. The second-order valence-corrected chi connectivity index (χ2v) is 10.2. The van der Waals surface area contributed by atoms with E-state index in [1.54, 1.807) is 0 Å². The maximum atomic E-state index is 12.0. The summed E-state index contributed by atoms with van der Waals surface area (Å²) in [6.45, 7) is 12.0. The van der Waals surface area contributed by atoms with Crippen LogP contribution in [0.3, 0.4) is 0 Å². The highest BCUT2D eigenvalue weighted by atomic mass is 16.3. The van der Waals surface area contributed by atoms with Crippen LogP contribution in [0.5, 0.6) is 0 Å². The molecule has 2 aromatic rings. The molecule has 5 atom stereocenters. The Morgan fingerprint density at radius 3 is 2.70 bits per heavy atom. The summed E-state index contributed by atoms with van der Waals surface area (Å²) in [7, 11) is 0. The molecule has 0 amide bonds. The fraction of sp³-hybridized carbons (Fsp3) is 0.556. The Labute approximate surface area is 180 Å². The first kappa shape index (κ1) is 19.8. The van der Waals surface area contributed by atoms with Gasteiger partial charge in [-0.3, -0.25) is 4.98 Å². The van der Waals surface area contributed by atoms with Gasteiger partial charge in [-0.1, -0.05) is 31.0 Å². The van der Waals surface area contributed by atoms with Crippen molar-refractivity contribution in [3.05, 3.63) is 70.3 Å². The molecule has 1 heterocycles. The van der Waals surface area contributed by atoms with E-state index in [0.717, 1.165) is 44.2 Å². The van der Waals surface area contributed by atoms with E-state index in [9.17, 15) is 5.11 Å². The monoisotopic (exact) mass is 400 g/mol. The van der Waals surface area contributed by atoms with Gasteiger partial charge in [-0.2, -0.15) is 0 Å². The maximum Gasteiger partial charge on any atom is 0.190 e. The van der Waals surface area contributed by atoms with E-state index in [-0.39, 0.29) is 5.41 Å². The van der Waals surface area contributed by atoms with Gasteiger partial charge in [-0.15, -0.1) is 0 Å². The van der Waals surface area contributed by atoms with E-state index in [2.05, 4.69) is 41.9 Å². The average molecular weight is 401 g/mol. The zero-order valence-electron chi connectivity index (χ0n) is 18.2. The van der Waals surface area contributed by atoms with Crippen LogP contribution in [0.1, 0.15) is 73.6 Å². The smallest absolute Gasteiger partial charge is 0.190 e. The van der Waals surface area contributed by atoms with Gasteiger partial charge in [0, 0.05) is 18.8 Å². The van der Waals surface area contributed by atoms with Crippen molar-refractivity contribution >= 4 is 5.69 Å². The molecule has 1 aromatic heterocycles. The minimum atomic E-state index is -0.633. The molecule has 3 nitrogen and oxygen atoms in total.